The lowest BCUT2D eigenvalue weighted by molar-refractivity contribution is 0.593. The standard InChI is InChI=1S/C15H13BrN2O2S/c1-11-3-6-13(16)9-15(11)21(19,20)18(2)14-7-4-12(10-17)5-8-14/h3-9H,1-2H3. The molecule has 0 heterocycles. The Morgan fingerprint density at radius 3 is 2.33 bits per heavy atom. The third-order valence-electron chi connectivity index (χ3n) is 3.15. The van der Waals surface area contributed by atoms with Gasteiger partial charge in [0, 0.05) is 11.5 Å². The molecule has 0 aliphatic rings. The molecule has 0 atom stereocenters. The van der Waals surface area contributed by atoms with E-state index >= 15 is 0 Å². The Morgan fingerprint density at radius 2 is 1.76 bits per heavy atom. The van der Waals surface area contributed by atoms with Gasteiger partial charge < -0.3 is 0 Å². The number of aryl methyl sites for hydroxylation is 1. The van der Waals surface area contributed by atoms with Crippen molar-refractivity contribution in [1.29, 1.82) is 5.26 Å². The quantitative estimate of drug-likeness (QED) is 0.837. The lowest BCUT2D eigenvalue weighted by Gasteiger charge is -2.20. The van der Waals surface area contributed by atoms with E-state index in [4.69, 9.17) is 5.26 Å². The lowest BCUT2D eigenvalue weighted by atomic mass is 10.2. The second-order valence-corrected chi connectivity index (χ2v) is 7.39. The minimum absolute atomic E-state index is 0.253. The molecule has 0 aromatic heterocycles. The smallest absolute Gasteiger partial charge is 0.264 e. The fraction of sp³-hybridized carbons (Fsp3) is 0.133. The fourth-order valence-corrected chi connectivity index (χ4v) is 3.84. The Labute approximate surface area is 132 Å². The van der Waals surface area contributed by atoms with Crippen molar-refractivity contribution in [2.45, 2.75) is 11.8 Å². The van der Waals surface area contributed by atoms with Gasteiger partial charge in [0.15, 0.2) is 0 Å². The lowest BCUT2D eigenvalue weighted by Crippen LogP contribution is -2.27. The molecule has 21 heavy (non-hydrogen) atoms. The van der Waals surface area contributed by atoms with Crippen molar-refractivity contribution in [2.24, 2.45) is 0 Å². The summed E-state index contributed by atoms with van der Waals surface area (Å²) in [4.78, 5) is 0.253. The van der Waals surface area contributed by atoms with Crippen molar-refractivity contribution in [2.75, 3.05) is 11.4 Å². The van der Waals surface area contributed by atoms with Crippen molar-refractivity contribution in [1.82, 2.24) is 0 Å². The van der Waals surface area contributed by atoms with Crippen LogP contribution in [0.1, 0.15) is 11.1 Å². The second-order valence-electron chi connectivity index (χ2n) is 4.54. The summed E-state index contributed by atoms with van der Waals surface area (Å²) in [5.41, 5.74) is 1.68. The highest BCUT2D eigenvalue weighted by Gasteiger charge is 2.23. The largest absolute Gasteiger partial charge is 0.269 e. The number of nitrogens with zero attached hydrogens (tertiary/aromatic N) is 2. The van der Waals surface area contributed by atoms with Crippen LogP contribution in [0.3, 0.4) is 0 Å². The maximum Gasteiger partial charge on any atom is 0.264 e. The molecule has 2 rings (SSSR count). The van der Waals surface area contributed by atoms with E-state index in [1.165, 1.54) is 11.4 Å². The molecule has 0 spiro atoms. The zero-order chi connectivity index (χ0) is 15.6. The summed E-state index contributed by atoms with van der Waals surface area (Å²) in [7, 11) is -2.15. The number of halogens is 1. The molecule has 6 heteroatoms. The van der Waals surface area contributed by atoms with Crippen molar-refractivity contribution in [3.8, 4) is 6.07 Å². The van der Waals surface area contributed by atoms with Gasteiger partial charge in [0.05, 0.1) is 22.2 Å². The van der Waals surface area contributed by atoms with E-state index in [-0.39, 0.29) is 4.90 Å². The van der Waals surface area contributed by atoms with E-state index in [1.807, 2.05) is 6.07 Å². The minimum Gasteiger partial charge on any atom is -0.269 e. The highest BCUT2D eigenvalue weighted by Crippen LogP contribution is 2.26. The summed E-state index contributed by atoms with van der Waals surface area (Å²) >= 11 is 3.29. The highest BCUT2D eigenvalue weighted by molar-refractivity contribution is 9.10. The summed E-state index contributed by atoms with van der Waals surface area (Å²) < 4.78 is 27.3. The Balaban J connectivity index is 2.47. The van der Waals surface area contributed by atoms with Crippen LogP contribution in [-0.4, -0.2) is 15.5 Å². The molecule has 0 saturated heterocycles. The van der Waals surface area contributed by atoms with Gasteiger partial charge in [-0.05, 0) is 48.9 Å². The highest BCUT2D eigenvalue weighted by atomic mass is 79.9. The number of hydrogen-bond donors (Lipinski definition) is 0. The average molecular weight is 365 g/mol. The Bertz CT molecular complexity index is 809. The number of sulfonamides is 1. The van der Waals surface area contributed by atoms with Gasteiger partial charge >= 0.3 is 0 Å². The van der Waals surface area contributed by atoms with E-state index in [0.29, 0.717) is 21.3 Å². The van der Waals surface area contributed by atoms with Crippen LogP contribution in [0.4, 0.5) is 5.69 Å². The molecule has 0 aliphatic heterocycles. The summed E-state index contributed by atoms with van der Waals surface area (Å²) in [6, 6.07) is 13.6. The summed E-state index contributed by atoms with van der Waals surface area (Å²) in [6.45, 7) is 1.76. The van der Waals surface area contributed by atoms with Crippen LogP contribution in [0.15, 0.2) is 51.8 Å². The molecule has 0 radical (unpaired) electrons. The molecule has 0 saturated carbocycles. The molecule has 4 nitrogen and oxygen atoms in total. The molecular formula is C15H13BrN2O2S. The van der Waals surface area contributed by atoms with Gasteiger partial charge in [0.25, 0.3) is 10.0 Å². The topological polar surface area (TPSA) is 61.2 Å². The van der Waals surface area contributed by atoms with Gasteiger partial charge in [0.2, 0.25) is 0 Å². The normalized spacial score (nSPS) is 11.0. The first-order valence-corrected chi connectivity index (χ1v) is 8.35. The summed E-state index contributed by atoms with van der Waals surface area (Å²) in [6.07, 6.45) is 0. The van der Waals surface area contributed by atoms with E-state index in [1.54, 1.807) is 49.4 Å². The molecule has 0 unspecified atom stereocenters. The minimum atomic E-state index is -3.64. The van der Waals surface area contributed by atoms with Crippen molar-refractivity contribution in [3.63, 3.8) is 0 Å². The Morgan fingerprint density at radius 1 is 1.14 bits per heavy atom. The maximum absolute atomic E-state index is 12.7. The molecule has 0 amide bonds. The molecule has 2 aromatic carbocycles. The SMILES string of the molecule is Cc1ccc(Br)cc1S(=O)(=O)N(C)c1ccc(C#N)cc1. The zero-order valence-corrected chi connectivity index (χ0v) is 13.9. The Kier molecular flexibility index (Phi) is 4.35. The summed E-state index contributed by atoms with van der Waals surface area (Å²) in [5, 5.41) is 8.78. The third-order valence-corrected chi connectivity index (χ3v) is 5.57. The van der Waals surface area contributed by atoms with Crippen LogP contribution in [0.2, 0.25) is 0 Å². The van der Waals surface area contributed by atoms with Gasteiger partial charge in [-0.1, -0.05) is 22.0 Å². The molecule has 0 bridgehead atoms. The monoisotopic (exact) mass is 364 g/mol. The van der Waals surface area contributed by atoms with Crippen LogP contribution in [0, 0.1) is 18.3 Å². The van der Waals surface area contributed by atoms with Gasteiger partial charge in [0.1, 0.15) is 0 Å². The molecule has 2 aromatic rings. The number of anilines is 1. The average Bonchev–Trinajstić information content (AvgIpc) is 2.49. The number of nitriles is 1. The first kappa shape index (κ1) is 15.5. The maximum atomic E-state index is 12.7. The summed E-state index contributed by atoms with van der Waals surface area (Å²) in [5.74, 6) is 0. The van der Waals surface area contributed by atoms with Crippen LogP contribution in [0.5, 0.6) is 0 Å². The predicted octanol–water partition coefficient (Wildman–Crippen LogP) is 3.45. The zero-order valence-electron chi connectivity index (χ0n) is 11.5. The third kappa shape index (κ3) is 3.09. The van der Waals surface area contributed by atoms with Gasteiger partial charge in [-0.2, -0.15) is 5.26 Å². The van der Waals surface area contributed by atoms with Crippen LogP contribution in [-0.2, 0) is 10.0 Å². The van der Waals surface area contributed by atoms with Gasteiger partial charge in [-0.3, -0.25) is 4.31 Å². The van der Waals surface area contributed by atoms with Gasteiger partial charge in [-0.25, -0.2) is 8.42 Å². The second kappa shape index (κ2) is 5.88. The van der Waals surface area contributed by atoms with Crippen molar-refractivity contribution < 1.29 is 8.42 Å². The number of rotatable bonds is 3. The van der Waals surface area contributed by atoms with E-state index < -0.39 is 10.0 Å². The number of benzene rings is 2. The number of hydrogen-bond acceptors (Lipinski definition) is 3. The molecular weight excluding hydrogens is 352 g/mol. The predicted molar refractivity (Wildman–Crippen MR) is 85.6 cm³/mol. The fourth-order valence-electron chi connectivity index (χ4n) is 1.88. The Hall–Kier alpha value is -1.84. The van der Waals surface area contributed by atoms with E-state index in [9.17, 15) is 8.42 Å². The van der Waals surface area contributed by atoms with Gasteiger partial charge in [-0.15, -0.1) is 0 Å². The molecule has 108 valence electrons. The first-order valence-electron chi connectivity index (χ1n) is 6.11. The molecule has 0 aliphatic carbocycles. The van der Waals surface area contributed by atoms with Crippen molar-refractivity contribution >= 4 is 31.6 Å². The van der Waals surface area contributed by atoms with Crippen LogP contribution >= 0.6 is 15.9 Å². The van der Waals surface area contributed by atoms with E-state index in [0.717, 1.165) is 0 Å². The molecule has 0 N–H and O–H groups in total. The van der Waals surface area contributed by atoms with Crippen LogP contribution in [0.25, 0.3) is 0 Å². The first-order chi connectivity index (χ1) is 9.86. The van der Waals surface area contributed by atoms with Crippen molar-refractivity contribution in [3.05, 3.63) is 58.1 Å². The van der Waals surface area contributed by atoms with Crippen LogP contribution < -0.4 is 4.31 Å². The van der Waals surface area contributed by atoms with E-state index in [2.05, 4.69) is 15.9 Å². The molecule has 0 fully saturated rings.